The van der Waals surface area contributed by atoms with E-state index in [4.69, 9.17) is 0 Å². The van der Waals surface area contributed by atoms with Crippen molar-refractivity contribution in [1.82, 2.24) is 0 Å². The van der Waals surface area contributed by atoms with Gasteiger partial charge in [-0.05, 0) is 44.0 Å². The number of aryl methyl sites for hydroxylation is 2. The lowest BCUT2D eigenvalue weighted by atomic mass is 10.1. The molecule has 0 aliphatic carbocycles. The van der Waals surface area contributed by atoms with Crippen LogP contribution in [0.1, 0.15) is 35.3 Å². The van der Waals surface area contributed by atoms with Crippen LogP contribution in [0, 0.1) is 13.8 Å². The monoisotopic (exact) mass is 272 g/mol. The second-order valence-corrected chi connectivity index (χ2v) is 6.08. The van der Waals surface area contributed by atoms with Crippen molar-refractivity contribution in [2.45, 2.75) is 37.5 Å². The fraction of sp³-hybridized carbons (Fsp3) is 0.294. The summed E-state index contributed by atoms with van der Waals surface area (Å²) in [5, 5.41) is 9.48. The van der Waals surface area contributed by atoms with Crippen molar-refractivity contribution in [1.29, 1.82) is 0 Å². The van der Waals surface area contributed by atoms with Crippen LogP contribution in [-0.2, 0) is 5.75 Å². The summed E-state index contributed by atoms with van der Waals surface area (Å²) < 4.78 is 0. The zero-order valence-corrected chi connectivity index (χ0v) is 12.5. The molecule has 0 radical (unpaired) electrons. The lowest BCUT2D eigenvalue weighted by Crippen LogP contribution is -1.90. The third-order valence-corrected chi connectivity index (χ3v) is 4.13. The molecule has 0 fully saturated rings. The quantitative estimate of drug-likeness (QED) is 0.818. The first-order chi connectivity index (χ1) is 9.04. The van der Waals surface area contributed by atoms with E-state index in [9.17, 15) is 5.11 Å². The lowest BCUT2D eigenvalue weighted by molar-refractivity contribution is 0.199. The molecule has 0 bridgehead atoms. The van der Waals surface area contributed by atoms with Gasteiger partial charge in [-0.3, -0.25) is 0 Å². The van der Waals surface area contributed by atoms with Crippen molar-refractivity contribution in [3.63, 3.8) is 0 Å². The Labute approximate surface area is 119 Å². The summed E-state index contributed by atoms with van der Waals surface area (Å²) in [6, 6.07) is 14.8. The maximum atomic E-state index is 9.48. The van der Waals surface area contributed by atoms with Crippen LogP contribution >= 0.6 is 11.8 Å². The molecule has 0 saturated heterocycles. The molecule has 2 aromatic rings. The second kappa shape index (κ2) is 6.27. The molecule has 0 spiro atoms. The minimum absolute atomic E-state index is 0.390. The molecule has 0 unspecified atom stereocenters. The summed E-state index contributed by atoms with van der Waals surface area (Å²) in [7, 11) is 0. The van der Waals surface area contributed by atoms with Crippen LogP contribution in [0.15, 0.2) is 47.4 Å². The summed E-state index contributed by atoms with van der Waals surface area (Å²) in [5.41, 5.74) is 4.97. The Hall–Kier alpha value is -1.25. The Morgan fingerprint density at radius 2 is 1.58 bits per heavy atom. The van der Waals surface area contributed by atoms with Crippen LogP contribution in [-0.4, -0.2) is 5.11 Å². The average Bonchev–Trinajstić information content (AvgIpc) is 2.36. The standard InChI is InChI=1S/C17H20OS/c1-12-8-13(2)10-15(9-12)11-19-17-6-4-16(5-7-17)14(3)18/h4-10,14,18H,11H2,1-3H3/t14-/m0/s1. The van der Waals surface area contributed by atoms with E-state index in [1.807, 2.05) is 23.9 Å². The van der Waals surface area contributed by atoms with Crippen molar-refractivity contribution in [3.8, 4) is 0 Å². The van der Waals surface area contributed by atoms with E-state index in [1.165, 1.54) is 21.6 Å². The Morgan fingerprint density at radius 1 is 1.00 bits per heavy atom. The second-order valence-electron chi connectivity index (χ2n) is 5.03. The molecule has 0 aliphatic heterocycles. The predicted molar refractivity (Wildman–Crippen MR) is 82.6 cm³/mol. The third-order valence-electron chi connectivity index (χ3n) is 3.05. The van der Waals surface area contributed by atoms with Gasteiger partial charge in [0.05, 0.1) is 6.10 Å². The molecular weight excluding hydrogens is 252 g/mol. The van der Waals surface area contributed by atoms with Crippen molar-refractivity contribution in [2.24, 2.45) is 0 Å². The number of aliphatic hydroxyl groups is 1. The third kappa shape index (κ3) is 4.12. The molecule has 0 aliphatic rings. The lowest BCUT2D eigenvalue weighted by Gasteiger charge is -2.07. The van der Waals surface area contributed by atoms with Crippen molar-refractivity contribution < 1.29 is 5.11 Å². The van der Waals surface area contributed by atoms with E-state index in [1.54, 1.807) is 6.92 Å². The van der Waals surface area contributed by atoms with Gasteiger partial charge in [0.15, 0.2) is 0 Å². The molecule has 1 atom stereocenters. The summed E-state index contributed by atoms with van der Waals surface area (Å²) in [6.45, 7) is 6.06. The smallest absolute Gasteiger partial charge is 0.0761 e. The first-order valence-electron chi connectivity index (χ1n) is 6.52. The van der Waals surface area contributed by atoms with Gasteiger partial charge in [-0.2, -0.15) is 0 Å². The van der Waals surface area contributed by atoms with Gasteiger partial charge in [-0.25, -0.2) is 0 Å². The van der Waals surface area contributed by atoms with Crippen LogP contribution in [0.5, 0.6) is 0 Å². The van der Waals surface area contributed by atoms with E-state index >= 15 is 0 Å². The summed E-state index contributed by atoms with van der Waals surface area (Å²) in [4.78, 5) is 1.24. The molecule has 1 N–H and O–H groups in total. The van der Waals surface area contributed by atoms with E-state index in [0.717, 1.165) is 11.3 Å². The summed E-state index contributed by atoms with van der Waals surface area (Å²) >= 11 is 1.83. The highest BCUT2D eigenvalue weighted by atomic mass is 32.2. The fourth-order valence-electron chi connectivity index (χ4n) is 2.16. The highest BCUT2D eigenvalue weighted by Crippen LogP contribution is 2.25. The van der Waals surface area contributed by atoms with Gasteiger partial charge >= 0.3 is 0 Å². The van der Waals surface area contributed by atoms with Gasteiger partial charge in [0.1, 0.15) is 0 Å². The Kier molecular flexibility index (Phi) is 4.67. The van der Waals surface area contributed by atoms with E-state index in [-0.39, 0.29) is 0 Å². The first-order valence-corrected chi connectivity index (χ1v) is 7.51. The number of rotatable bonds is 4. The topological polar surface area (TPSA) is 20.2 Å². The van der Waals surface area contributed by atoms with Gasteiger partial charge in [-0.15, -0.1) is 11.8 Å². The minimum atomic E-state index is -0.390. The van der Waals surface area contributed by atoms with Crippen LogP contribution < -0.4 is 0 Å². The van der Waals surface area contributed by atoms with E-state index in [2.05, 4.69) is 44.2 Å². The molecule has 2 heteroatoms. The number of hydrogen-bond donors (Lipinski definition) is 1. The van der Waals surface area contributed by atoms with Gasteiger partial charge in [0.25, 0.3) is 0 Å². The number of benzene rings is 2. The predicted octanol–water partition coefficient (Wildman–Crippen LogP) is 4.65. The highest BCUT2D eigenvalue weighted by Gasteiger charge is 2.02. The Bertz CT molecular complexity index is 523. The average molecular weight is 272 g/mol. The maximum Gasteiger partial charge on any atom is 0.0761 e. The fourth-order valence-corrected chi connectivity index (χ4v) is 2.99. The van der Waals surface area contributed by atoms with Crippen LogP contribution in [0.25, 0.3) is 0 Å². The Morgan fingerprint density at radius 3 is 2.11 bits per heavy atom. The maximum absolute atomic E-state index is 9.48. The molecule has 0 aromatic heterocycles. The Balaban J connectivity index is 2.02. The highest BCUT2D eigenvalue weighted by molar-refractivity contribution is 7.98. The zero-order valence-electron chi connectivity index (χ0n) is 11.7. The van der Waals surface area contributed by atoms with Gasteiger partial charge in [-0.1, -0.05) is 41.5 Å². The number of aliphatic hydroxyl groups excluding tert-OH is 1. The zero-order chi connectivity index (χ0) is 13.8. The SMILES string of the molecule is Cc1cc(C)cc(CSc2ccc([C@H](C)O)cc2)c1. The number of hydrogen-bond acceptors (Lipinski definition) is 2. The van der Waals surface area contributed by atoms with Gasteiger partial charge < -0.3 is 5.11 Å². The molecule has 0 amide bonds. The molecule has 0 saturated carbocycles. The summed E-state index contributed by atoms with van der Waals surface area (Å²) in [6.07, 6.45) is -0.390. The summed E-state index contributed by atoms with van der Waals surface area (Å²) in [5.74, 6) is 0.983. The van der Waals surface area contributed by atoms with E-state index in [0.29, 0.717) is 0 Å². The normalized spacial score (nSPS) is 12.4. The number of thioether (sulfide) groups is 1. The van der Waals surface area contributed by atoms with Crippen LogP contribution in [0.4, 0.5) is 0 Å². The minimum Gasteiger partial charge on any atom is -0.389 e. The molecular formula is C17H20OS. The van der Waals surface area contributed by atoms with Gasteiger partial charge in [0, 0.05) is 10.6 Å². The van der Waals surface area contributed by atoms with E-state index < -0.39 is 6.10 Å². The molecule has 1 nitrogen and oxygen atoms in total. The van der Waals surface area contributed by atoms with Crippen molar-refractivity contribution in [2.75, 3.05) is 0 Å². The molecule has 100 valence electrons. The van der Waals surface area contributed by atoms with Gasteiger partial charge in [0.2, 0.25) is 0 Å². The molecule has 0 heterocycles. The largest absolute Gasteiger partial charge is 0.389 e. The van der Waals surface area contributed by atoms with Crippen LogP contribution in [0.3, 0.4) is 0 Å². The molecule has 19 heavy (non-hydrogen) atoms. The first kappa shape index (κ1) is 14.2. The van der Waals surface area contributed by atoms with Crippen molar-refractivity contribution >= 4 is 11.8 Å². The van der Waals surface area contributed by atoms with Crippen LogP contribution in [0.2, 0.25) is 0 Å². The van der Waals surface area contributed by atoms with Crippen molar-refractivity contribution in [3.05, 3.63) is 64.7 Å². The molecule has 2 rings (SSSR count). The molecule has 2 aromatic carbocycles.